The molecule has 1 fully saturated rings. The molecular formula is C18H21N5O2. The molecule has 0 radical (unpaired) electrons. The highest BCUT2D eigenvalue weighted by atomic mass is 16.5. The SMILES string of the molecule is Cc1ccc(-c2noc(CN3CCO[C@@H](Cn4cccn4)C3)n2)cc1. The molecule has 0 spiro atoms. The fourth-order valence-electron chi connectivity index (χ4n) is 2.98. The van der Waals surface area contributed by atoms with E-state index in [2.05, 4.69) is 27.1 Å². The summed E-state index contributed by atoms with van der Waals surface area (Å²) in [6, 6.07) is 10.0. The van der Waals surface area contributed by atoms with Crippen LogP contribution >= 0.6 is 0 Å². The summed E-state index contributed by atoms with van der Waals surface area (Å²) >= 11 is 0. The molecule has 1 aliphatic rings. The molecule has 0 bridgehead atoms. The maximum Gasteiger partial charge on any atom is 0.241 e. The molecule has 0 unspecified atom stereocenters. The van der Waals surface area contributed by atoms with Crippen molar-refractivity contribution in [3.05, 3.63) is 54.2 Å². The summed E-state index contributed by atoms with van der Waals surface area (Å²) in [6.07, 6.45) is 3.85. The Morgan fingerprint density at radius 3 is 2.92 bits per heavy atom. The lowest BCUT2D eigenvalue weighted by molar-refractivity contribution is -0.0426. The Bertz CT molecular complexity index is 797. The van der Waals surface area contributed by atoms with Gasteiger partial charge < -0.3 is 9.26 Å². The summed E-state index contributed by atoms with van der Waals surface area (Å²) < 4.78 is 13.2. The second kappa shape index (κ2) is 7.16. The summed E-state index contributed by atoms with van der Waals surface area (Å²) in [7, 11) is 0. The fourth-order valence-corrected chi connectivity index (χ4v) is 2.98. The van der Waals surface area contributed by atoms with Crippen molar-refractivity contribution in [1.29, 1.82) is 0 Å². The highest BCUT2D eigenvalue weighted by molar-refractivity contribution is 5.54. The minimum absolute atomic E-state index is 0.119. The van der Waals surface area contributed by atoms with Crippen molar-refractivity contribution in [2.45, 2.75) is 26.1 Å². The monoisotopic (exact) mass is 339 g/mol. The van der Waals surface area contributed by atoms with Gasteiger partial charge in [0.25, 0.3) is 0 Å². The first-order valence-electron chi connectivity index (χ1n) is 8.47. The number of hydrogen-bond donors (Lipinski definition) is 0. The minimum atomic E-state index is 0.119. The van der Waals surface area contributed by atoms with Crippen molar-refractivity contribution in [3.8, 4) is 11.4 Å². The Kier molecular flexibility index (Phi) is 4.58. The van der Waals surface area contributed by atoms with E-state index in [0.29, 0.717) is 24.9 Å². The van der Waals surface area contributed by atoms with Crippen LogP contribution in [0.5, 0.6) is 0 Å². The van der Waals surface area contributed by atoms with Crippen molar-refractivity contribution in [1.82, 2.24) is 24.8 Å². The molecule has 130 valence electrons. The highest BCUT2D eigenvalue weighted by Crippen LogP contribution is 2.18. The van der Waals surface area contributed by atoms with E-state index in [4.69, 9.17) is 9.26 Å². The van der Waals surface area contributed by atoms with Gasteiger partial charge in [-0.1, -0.05) is 35.0 Å². The molecule has 0 saturated carbocycles. The summed E-state index contributed by atoms with van der Waals surface area (Å²) in [6.45, 7) is 5.83. The average Bonchev–Trinajstić information content (AvgIpc) is 3.28. The number of nitrogens with zero attached hydrogens (tertiary/aromatic N) is 5. The van der Waals surface area contributed by atoms with E-state index in [0.717, 1.165) is 25.2 Å². The maximum absolute atomic E-state index is 5.84. The van der Waals surface area contributed by atoms with Crippen LogP contribution in [0.3, 0.4) is 0 Å². The van der Waals surface area contributed by atoms with Crippen molar-refractivity contribution in [2.24, 2.45) is 0 Å². The predicted octanol–water partition coefficient (Wildman–Crippen LogP) is 2.14. The number of ether oxygens (including phenoxy) is 1. The molecule has 0 amide bonds. The van der Waals surface area contributed by atoms with E-state index in [1.165, 1.54) is 5.56 Å². The summed E-state index contributed by atoms with van der Waals surface area (Å²) in [5.74, 6) is 1.27. The van der Waals surface area contributed by atoms with Crippen LogP contribution < -0.4 is 0 Å². The van der Waals surface area contributed by atoms with Crippen molar-refractivity contribution in [2.75, 3.05) is 19.7 Å². The number of benzene rings is 1. The van der Waals surface area contributed by atoms with Crippen molar-refractivity contribution < 1.29 is 9.26 Å². The lowest BCUT2D eigenvalue weighted by Gasteiger charge is -2.31. The van der Waals surface area contributed by atoms with Crippen LogP contribution in [0, 0.1) is 6.92 Å². The normalized spacial score (nSPS) is 18.5. The third-order valence-electron chi connectivity index (χ3n) is 4.31. The molecule has 2 aromatic heterocycles. The first-order chi connectivity index (χ1) is 12.3. The number of rotatable bonds is 5. The molecule has 1 aromatic carbocycles. The van der Waals surface area contributed by atoms with Gasteiger partial charge in [-0.15, -0.1) is 0 Å². The molecule has 4 rings (SSSR count). The van der Waals surface area contributed by atoms with Crippen LogP contribution in [0.25, 0.3) is 11.4 Å². The van der Waals surface area contributed by atoms with Crippen LogP contribution in [0.1, 0.15) is 11.5 Å². The Morgan fingerprint density at radius 2 is 2.12 bits per heavy atom. The Morgan fingerprint density at radius 1 is 1.24 bits per heavy atom. The molecule has 7 heteroatoms. The van der Waals surface area contributed by atoms with E-state index in [1.807, 2.05) is 41.2 Å². The second-order valence-electron chi connectivity index (χ2n) is 6.33. The van der Waals surface area contributed by atoms with E-state index in [1.54, 1.807) is 6.20 Å². The first kappa shape index (κ1) is 16.0. The van der Waals surface area contributed by atoms with Gasteiger partial charge >= 0.3 is 0 Å². The average molecular weight is 339 g/mol. The smallest absolute Gasteiger partial charge is 0.241 e. The molecule has 1 aliphatic heterocycles. The standard InChI is InChI=1S/C18H21N5O2/c1-14-3-5-15(6-4-14)18-20-17(25-21-18)13-22-9-10-24-16(11-22)12-23-8-2-7-19-23/h2-8,16H,9-13H2,1H3/t16-/m1/s1. The van der Waals surface area contributed by atoms with Gasteiger partial charge in [0.05, 0.1) is 25.8 Å². The molecule has 7 nitrogen and oxygen atoms in total. The molecule has 0 N–H and O–H groups in total. The number of aryl methyl sites for hydroxylation is 1. The third-order valence-corrected chi connectivity index (χ3v) is 4.31. The van der Waals surface area contributed by atoms with Crippen LogP contribution in [-0.2, 0) is 17.8 Å². The Labute approximate surface area is 146 Å². The lowest BCUT2D eigenvalue weighted by atomic mass is 10.1. The molecule has 0 aliphatic carbocycles. The Hall–Kier alpha value is -2.51. The molecule has 3 aromatic rings. The van der Waals surface area contributed by atoms with Gasteiger partial charge in [0, 0.05) is 31.0 Å². The molecular weight excluding hydrogens is 318 g/mol. The summed E-state index contributed by atoms with van der Waals surface area (Å²) in [5, 5.41) is 8.34. The van der Waals surface area contributed by atoms with Crippen molar-refractivity contribution >= 4 is 0 Å². The topological polar surface area (TPSA) is 69.2 Å². The quantitative estimate of drug-likeness (QED) is 0.709. The number of aromatic nitrogens is 4. The fraction of sp³-hybridized carbons (Fsp3) is 0.389. The first-order valence-corrected chi connectivity index (χ1v) is 8.47. The number of morpholine rings is 1. The Balaban J connectivity index is 1.37. The van der Waals surface area contributed by atoms with Crippen LogP contribution in [0.15, 0.2) is 47.2 Å². The predicted molar refractivity (Wildman–Crippen MR) is 91.7 cm³/mol. The lowest BCUT2D eigenvalue weighted by Crippen LogP contribution is -2.43. The third kappa shape index (κ3) is 3.94. The van der Waals surface area contributed by atoms with Gasteiger partial charge in [0.1, 0.15) is 0 Å². The molecule has 1 atom stereocenters. The zero-order valence-electron chi connectivity index (χ0n) is 14.2. The van der Waals surface area contributed by atoms with Gasteiger partial charge in [-0.05, 0) is 13.0 Å². The van der Waals surface area contributed by atoms with Gasteiger partial charge in [0.2, 0.25) is 11.7 Å². The zero-order chi connectivity index (χ0) is 17.1. The summed E-state index contributed by atoms with van der Waals surface area (Å²) in [5.41, 5.74) is 2.18. The zero-order valence-corrected chi connectivity index (χ0v) is 14.2. The van der Waals surface area contributed by atoms with Crippen molar-refractivity contribution in [3.63, 3.8) is 0 Å². The van der Waals surface area contributed by atoms with Crippen LogP contribution in [0.2, 0.25) is 0 Å². The maximum atomic E-state index is 5.84. The van der Waals surface area contributed by atoms with E-state index in [9.17, 15) is 0 Å². The molecule has 3 heterocycles. The van der Waals surface area contributed by atoms with E-state index in [-0.39, 0.29) is 6.10 Å². The van der Waals surface area contributed by atoms with Gasteiger partial charge in [-0.3, -0.25) is 9.58 Å². The van der Waals surface area contributed by atoms with E-state index >= 15 is 0 Å². The summed E-state index contributed by atoms with van der Waals surface area (Å²) in [4.78, 5) is 6.81. The highest BCUT2D eigenvalue weighted by Gasteiger charge is 2.23. The minimum Gasteiger partial charge on any atom is -0.374 e. The van der Waals surface area contributed by atoms with Crippen LogP contribution in [0.4, 0.5) is 0 Å². The van der Waals surface area contributed by atoms with Gasteiger partial charge in [-0.25, -0.2) is 0 Å². The van der Waals surface area contributed by atoms with Gasteiger partial charge in [0.15, 0.2) is 0 Å². The van der Waals surface area contributed by atoms with E-state index < -0.39 is 0 Å². The largest absolute Gasteiger partial charge is 0.374 e. The number of hydrogen-bond acceptors (Lipinski definition) is 6. The molecule has 1 saturated heterocycles. The van der Waals surface area contributed by atoms with Gasteiger partial charge in [-0.2, -0.15) is 10.1 Å². The molecule has 25 heavy (non-hydrogen) atoms. The van der Waals surface area contributed by atoms with Crippen LogP contribution in [-0.4, -0.2) is 50.6 Å². The second-order valence-corrected chi connectivity index (χ2v) is 6.33.